The number of aryl methyl sites for hydroxylation is 1. The molecule has 0 spiro atoms. The van der Waals surface area contributed by atoms with Crippen molar-refractivity contribution in [1.82, 2.24) is 25.2 Å². The minimum absolute atomic E-state index is 0.779. The Labute approximate surface area is 110 Å². The van der Waals surface area contributed by atoms with E-state index in [4.69, 9.17) is 0 Å². The van der Waals surface area contributed by atoms with Crippen LogP contribution in [0.15, 0.2) is 43.0 Å². The summed E-state index contributed by atoms with van der Waals surface area (Å²) in [7, 11) is 0. The van der Waals surface area contributed by atoms with Crippen LogP contribution in [0.3, 0.4) is 0 Å². The van der Waals surface area contributed by atoms with Crippen LogP contribution in [0.2, 0.25) is 0 Å². The van der Waals surface area contributed by atoms with Gasteiger partial charge < -0.3 is 10.3 Å². The van der Waals surface area contributed by atoms with Crippen molar-refractivity contribution in [3.63, 3.8) is 0 Å². The van der Waals surface area contributed by atoms with Crippen molar-refractivity contribution in [3.8, 4) is 5.69 Å². The Hall–Kier alpha value is -2.63. The van der Waals surface area contributed by atoms with E-state index >= 15 is 0 Å². The molecular weight excluding hydrogens is 240 g/mol. The lowest BCUT2D eigenvalue weighted by Gasteiger charge is -2.09. The minimum Gasteiger partial charge on any atom is -0.381 e. The van der Waals surface area contributed by atoms with Gasteiger partial charge in [0.1, 0.15) is 6.33 Å². The zero-order valence-electron chi connectivity index (χ0n) is 10.5. The molecule has 96 valence electrons. The number of tetrazole rings is 1. The summed E-state index contributed by atoms with van der Waals surface area (Å²) < 4.78 is 1.66. The van der Waals surface area contributed by atoms with Gasteiger partial charge in [-0.3, -0.25) is 0 Å². The maximum Gasteiger partial charge on any atom is 0.143 e. The van der Waals surface area contributed by atoms with Crippen LogP contribution in [0.4, 0.5) is 5.69 Å². The number of H-pyrrole nitrogens is 1. The molecule has 6 heteroatoms. The first-order valence-electron chi connectivity index (χ1n) is 6.02. The Morgan fingerprint density at radius 1 is 1.32 bits per heavy atom. The summed E-state index contributed by atoms with van der Waals surface area (Å²) >= 11 is 0. The monoisotopic (exact) mass is 254 g/mol. The molecule has 0 radical (unpaired) electrons. The topological polar surface area (TPSA) is 71.4 Å². The fourth-order valence-electron chi connectivity index (χ4n) is 1.91. The molecule has 19 heavy (non-hydrogen) atoms. The molecule has 0 atom stereocenters. The Bertz CT molecular complexity index is 642. The van der Waals surface area contributed by atoms with Crippen molar-refractivity contribution in [2.24, 2.45) is 0 Å². The number of nitrogens with one attached hydrogen (secondary N) is 2. The molecule has 3 rings (SSSR count). The van der Waals surface area contributed by atoms with E-state index in [9.17, 15) is 0 Å². The van der Waals surface area contributed by atoms with Crippen molar-refractivity contribution < 1.29 is 0 Å². The molecule has 0 bridgehead atoms. The summed E-state index contributed by atoms with van der Waals surface area (Å²) in [6.45, 7) is 2.81. The van der Waals surface area contributed by atoms with Gasteiger partial charge in [0.2, 0.25) is 0 Å². The zero-order valence-corrected chi connectivity index (χ0v) is 10.5. The molecule has 1 aromatic carbocycles. The predicted molar refractivity (Wildman–Crippen MR) is 72.0 cm³/mol. The van der Waals surface area contributed by atoms with Crippen molar-refractivity contribution in [2.75, 3.05) is 5.32 Å². The number of anilines is 1. The molecule has 0 saturated carbocycles. The lowest BCUT2D eigenvalue weighted by Crippen LogP contribution is -2.02. The second-order valence-corrected chi connectivity index (χ2v) is 4.33. The van der Waals surface area contributed by atoms with E-state index in [2.05, 4.69) is 38.0 Å². The summed E-state index contributed by atoms with van der Waals surface area (Å²) in [4.78, 5) is 3.04. The fourth-order valence-corrected chi connectivity index (χ4v) is 1.91. The average Bonchev–Trinajstić information content (AvgIpc) is 3.11. The predicted octanol–water partition coefficient (Wildman–Crippen LogP) is 1.91. The van der Waals surface area contributed by atoms with Crippen LogP contribution >= 0.6 is 0 Å². The molecule has 0 saturated heterocycles. The standard InChI is InChI=1S/C13H14N6/c1-10-2-3-12(15-8-11-4-5-14-7-11)6-13(10)19-9-16-17-18-19/h2-7,9,14-15H,8H2,1H3. The van der Waals surface area contributed by atoms with Gasteiger partial charge in [-0.2, -0.15) is 0 Å². The van der Waals surface area contributed by atoms with Gasteiger partial charge in [0.15, 0.2) is 0 Å². The van der Waals surface area contributed by atoms with Crippen LogP contribution in [-0.2, 0) is 6.54 Å². The van der Waals surface area contributed by atoms with Crippen LogP contribution in [0.25, 0.3) is 5.69 Å². The van der Waals surface area contributed by atoms with Crippen molar-refractivity contribution in [3.05, 3.63) is 54.1 Å². The Morgan fingerprint density at radius 2 is 2.26 bits per heavy atom. The number of nitrogens with zero attached hydrogens (tertiary/aromatic N) is 4. The first kappa shape index (κ1) is 11.5. The lowest BCUT2D eigenvalue weighted by molar-refractivity contribution is 0.785. The first-order chi connectivity index (χ1) is 9.33. The molecule has 0 unspecified atom stereocenters. The highest BCUT2D eigenvalue weighted by Gasteiger charge is 2.04. The van der Waals surface area contributed by atoms with Gasteiger partial charge in [0.05, 0.1) is 5.69 Å². The quantitative estimate of drug-likeness (QED) is 0.746. The summed E-state index contributed by atoms with van der Waals surface area (Å²) in [6.07, 6.45) is 5.49. The number of hydrogen-bond acceptors (Lipinski definition) is 4. The van der Waals surface area contributed by atoms with E-state index in [0.29, 0.717) is 0 Å². The SMILES string of the molecule is Cc1ccc(NCc2cc[nH]c2)cc1-n1cnnn1. The molecule has 0 aliphatic carbocycles. The highest BCUT2D eigenvalue weighted by atomic mass is 15.5. The van der Waals surface area contributed by atoms with Crippen molar-refractivity contribution in [2.45, 2.75) is 13.5 Å². The maximum absolute atomic E-state index is 3.92. The number of rotatable bonds is 4. The molecule has 3 aromatic rings. The number of aromatic nitrogens is 5. The second kappa shape index (κ2) is 4.93. The molecule has 2 heterocycles. The van der Waals surface area contributed by atoms with Crippen LogP contribution in [0.1, 0.15) is 11.1 Å². The first-order valence-corrected chi connectivity index (χ1v) is 6.02. The zero-order chi connectivity index (χ0) is 13.1. The molecule has 0 fully saturated rings. The third kappa shape index (κ3) is 2.47. The van der Waals surface area contributed by atoms with Crippen LogP contribution in [0, 0.1) is 6.92 Å². The Kier molecular flexibility index (Phi) is 2.97. The van der Waals surface area contributed by atoms with Gasteiger partial charge in [-0.15, -0.1) is 5.10 Å². The van der Waals surface area contributed by atoms with Crippen molar-refractivity contribution in [1.29, 1.82) is 0 Å². The highest BCUT2D eigenvalue weighted by Crippen LogP contribution is 2.18. The normalized spacial score (nSPS) is 10.6. The summed E-state index contributed by atoms with van der Waals surface area (Å²) in [5, 5.41) is 14.6. The van der Waals surface area contributed by atoms with Crippen LogP contribution in [0.5, 0.6) is 0 Å². The van der Waals surface area contributed by atoms with Gasteiger partial charge >= 0.3 is 0 Å². The van der Waals surface area contributed by atoms with Gasteiger partial charge in [-0.1, -0.05) is 6.07 Å². The molecule has 2 aromatic heterocycles. The van der Waals surface area contributed by atoms with Crippen LogP contribution < -0.4 is 5.32 Å². The second-order valence-electron chi connectivity index (χ2n) is 4.33. The van der Waals surface area contributed by atoms with Crippen molar-refractivity contribution >= 4 is 5.69 Å². The molecule has 0 aliphatic rings. The van der Waals surface area contributed by atoms with E-state index in [-0.39, 0.29) is 0 Å². The lowest BCUT2D eigenvalue weighted by atomic mass is 10.2. The number of aromatic amines is 1. The van der Waals surface area contributed by atoms with E-state index in [1.54, 1.807) is 11.0 Å². The molecule has 0 amide bonds. The van der Waals surface area contributed by atoms with E-state index in [1.807, 2.05) is 31.5 Å². The number of hydrogen-bond donors (Lipinski definition) is 2. The smallest absolute Gasteiger partial charge is 0.143 e. The largest absolute Gasteiger partial charge is 0.381 e. The van der Waals surface area contributed by atoms with E-state index in [0.717, 1.165) is 23.5 Å². The van der Waals surface area contributed by atoms with E-state index < -0.39 is 0 Å². The third-order valence-corrected chi connectivity index (χ3v) is 2.96. The summed E-state index contributed by atoms with van der Waals surface area (Å²) in [5.74, 6) is 0. The molecular formula is C13H14N6. The van der Waals surface area contributed by atoms with Crippen LogP contribution in [-0.4, -0.2) is 25.2 Å². The number of benzene rings is 1. The van der Waals surface area contributed by atoms with Gasteiger partial charge in [-0.05, 0) is 46.7 Å². The molecule has 2 N–H and O–H groups in total. The Morgan fingerprint density at radius 3 is 3.00 bits per heavy atom. The molecule has 0 aliphatic heterocycles. The minimum atomic E-state index is 0.779. The van der Waals surface area contributed by atoms with Gasteiger partial charge in [0.25, 0.3) is 0 Å². The fraction of sp³-hybridized carbons (Fsp3) is 0.154. The maximum atomic E-state index is 3.92. The molecule has 6 nitrogen and oxygen atoms in total. The Balaban J connectivity index is 1.81. The van der Waals surface area contributed by atoms with Gasteiger partial charge in [-0.25, -0.2) is 4.68 Å². The summed E-state index contributed by atoms with van der Waals surface area (Å²) in [5.41, 5.74) is 4.35. The summed E-state index contributed by atoms with van der Waals surface area (Å²) in [6, 6.07) is 8.19. The van der Waals surface area contributed by atoms with E-state index in [1.165, 1.54) is 5.56 Å². The van der Waals surface area contributed by atoms with Gasteiger partial charge in [0, 0.05) is 24.6 Å². The highest BCUT2D eigenvalue weighted by molar-refractivity contribution is 5.54. The average molecular weight is 254 g/mol. The third-order valence-electron chi connectivity index (χ3n) is 2.96.